The molecule has 0 bridgehead atoms. The van der Waals surface area contributed by atoms with E-state index in [1.54, 1.807) is 29.2 Å². The Balaban J connectivity index is 1.27. The highest BCUT2D eigenvalue weighted by atomic mass is 16.5. The van der Waals surface area contributed by atoms with Gasteiger partial charge in [-0.1, -0.05) is 50.5 Å². The number of likely N-dealkylation sites (N-methyl/N-ethyl adjacent to an activating group) is 1. The van der Waals surface area contributed by atoms with E-state index in [2.05, 4.69) is 27.8 Å². The molecule has 1 aliphatic carbocycles. The van der Waals surface area contributed by atoms with Gasteiger partial charge >= 0.3 is 6.03 Å². The molecular weight excluding hydrogens is 620 g/mol. The maximum absolute atomic E-state index is 13.6. The summed E-state index contributed by atoms with van der Waals surface area (Å²) in [6, 6.07) is 19.6. The minimum Gasteiger partial charge on any atom is -0.488 e. The van der Waals surface area contributed by atoms with Crippen LogP contribution in [0, 0.1) is 5.92 Å². The molecule has 49 heavy (non-hydrogen) atoms. The van der Waals surface area contributed by atoms with Gasteiger partial charge in [0.1, 0.15) is 11.9 Å². The van der Waals surface area contributed by atoms with Crippen molar-refractivity contribution in [3.05, 3.63) is 83.4 Å². The third kappa shape index (κ3) is 9.73. The largest absolute Gasteiger partial charge is 0.488 e. The normalized spacial score (nSPS) is 19.1. The Morgan fingerprint density at radius 1 is 1.04 bits per heavy atom. The molecule has 1 fully saturated rings. The van der Waals surface area contributed by atoms with Crippen LogP contribution in [0.4, 0.5) is 21.9 Å². The average Bonchev–Trinajstić information content (AvgIpc) is 3.13. The SMILES string of the molecule is C[C@@H]1CN([C@@H](C)CO)C(=O)Cc2cc(NC(=O)NC3CCCCC3)ccc2O[C@@H]1CN(C)Cc1ccc(C(=O)Nc2ccccc2N)cc1. The molecule has 2 aliphatic rings. The lowest BCUT2D eigenvalue weighted by Crippen LogP contribution is -2.47. The van der Waals surface area contributed by atoms with E-state index in [-0.39, 0.29) is 55.0 Å². The standard InChI is InChI=1S/C38H50N6O5/c1-25-21-44(26(2)24-45)36(46)20-29-19-31(41-38(48)40-30-9-5-4-6-10-30)17-18-34(29)49-35(25)23-43(3)22-27-13-15-28(16-14-27)37(47)42-33-12-8-7-11-32(33)39/h7-8,11-19,25-26,30,35,45H,4-6,9-10,20-24,39H2,1-3H3,(H,42,47)(H2,40,41,48)/t25-,26+,35-/m1/s1. The van der Waals surface area contributed by atoms with E-state index in [1.807, 2.05) is 56.4 Å². The molecule has 0 radical (unpaired) electrons. The lowest BCUT2D eigenvalue weighted by atomic mass is 9.96. The fourth-order valence-electron chi connectivity index (χ4n) is 6.57. The number of aliphatic hydroxyl groups is 1. The number of benzene rings is 3. The number of rotatable bonds is 10. The molecule has 0 aromatic heterocycles. The summed E-state index contributed by atoms with van der Waals surface area (Å²) in [7, 11) is 2.01. The van der Waals surface area contributed by atoms with Crippen molar-refractivity contribution in [2.75, 3.05) is 43.1 Å². The second-order valence-corrected chi connectivity index (χ2v) is 13.6. The van der Waals surface area contributed by atoms with Crippen LogP contribution in [0.5, 0.6) is 5.75 Å². The van der Waals surface area contributed by atoms with E-state index in [0.717, 1.165) is 31.2 Å². The number of amides is 4. The van der Waals surface area contributed by atoms with Crippen LogP contribution >= 0.6 is 0 Å². The third-order valence-electron chi connectivity index (χ3n) is 9.48. The Bertz CT molecular complexity index is 1590. The van der Waals surface area contributed by atoms with Gasteiger partial charge in [-0.05, 0) is 74.8 Å². The molecule has 11 heteroatoms. The van der Waals surface area contributed by atoms with Crippen LogP contribution in [0.25, 0.3) is 0 Å². The summed E-state index contributed by atoms with van der Waals surface area (Å²) in [6.45, 7) is 5.37. The fraction of sp³-hybridized carbons (Fsp3) is 0.447. The van der Waals surface area contributed by atoms with Gasteiger partial charge in [-0.3, -0.25) is 14.5 Å². The third-order valence-corrected chi connectivity index (χ3v) is 9.48. The summed E-state index contributed by atoms with van der Waals surface area (Å²) in [5, 5.41) is 18.9. The van der Waals surface area contributed by atoms with Gasteiger partial charge in [0, 0.05) is 48.4 Å². The van der Waals surface area contributed by atoms with Crippen LogP contribution in [-0.4, -0.2) is 77.7 Å². The fourth-order valence-corrected chi connectivity index (χ4v) is 6.57. The number of ether oxygens (including phenoxy) is 1. The highest BCUT2D eigenvalue weighted by molar-refractivity contribution is 6.05. The minimum absolute atomic E-state index is 0.0538. The van der Waals surface area contributed by atoms with Crippen molar-refractivity contribution in [1.82, 2.24) is 15.1 Å². The summed E-state index contributed by atoms with van der Waals surface area (Å²) in [4.78, 5) is 43.1. The van der Waals surface area contributed by atoms with Crippen molar-refractivity contribution < 1.29 is 24.2 Å². The number of nitrogens with one attached hydrogen (secondary N) is 3. The first-order chi connectivity index (χ1) is 23.6. The first-order valence-corrected chi connectivity index (χ1v) is 17.3. The Hall–Kier alpha value is -4.61. The molecule has 1 saturated carbocycles. The predicted molar refractivity (Wildman–Crippen MR) is 193 cm³/mol. The second kappa shape index (κ2) is 16.7. The number of fused-ring (bicyclic) bond motifs is 1. The Labute approximate surface area is 289 Å². The zero-order valence-corrected chi connectivity index (χ0v) is 28.8. The van der Waals surface area contributed by atoms with Gasteiger partial charge in [0.25, 0.3) is 5.91 Å². The summed E-state index contributed by atoms with van der Waals surface area (Å²) in [5.41, 5.74) is 9.89. The molecular formula is C38H50N6O5. The van der Waals surface area contributed by atoms with Gasteiger partial charge in [0.15, 0.2) is 0 Å². The molecule has 3 aromatic carbocycles. The Morgan fingerprint density at radius 2 is 1.78 bits per heavy atom. The molecule has 0 unspecified atom stereocenters. The summed E-state index contributed by atoms with van der Waals surface area (Å²) in [6.07, 6.45) is 5.23. The van der Waals surface area contributed by atoms with Crippen molar-refractivity contribution in [1.29, 1.82) is 0 Å². The minimum atomic E-state index is -0.355. The van der Waals surface area contributed by atoms with E-state index >= 15 is 0 Å². The van der Waals surface area contributed by atoms with Crippen molar-refractivity contribution in [2.24, 2.45) is 5.92 Å². The first-order valence-electron chi connectivity index (χ1n) is 17.3. The molecule has 262 valence electrons. The number of para-hydroxylation sites is 2. The van der Waals surface area contributed by atoms with Crippen LogP contribution < -0.4 is 26.4 Å². The smallest absolute Gasteiger partial charge is 0.319 e. The number of nitrogens with zero attached hydrogens (tertiary/aromatic N) is 2. The number of carbonyl (C=O) groups is 3. The monoisotopic (exact) mass is 670 g/mol. The molecule has 11 nitrogen and oxygen atoms in total. The van der Waals surface area contributed by atoms with Gasteiger partial charge < -0.3 is 36.4 Å². The Morgan fingerprint density at radius 3 is 2.49 bits per heavy atom. The molecule has 5 rings (SSSR count). The second-order valence-electron chi connectivity index (χ2n) is 13.6. The number of aliphatic hydroxyl groups excluding tert-OH is 1. The first kappa shape index (κ1) is 35.7. The molecule has 0 saturated heterocycles. The highest BCUT2D eigenvalue weighted by Gasteiger charge is 2.31. The lowest BCUT2D eigenvalue weighted by Gasteiger charge is -2.34. The van der Waals surface area contributed by atoms with E-state index < -0.39 is 0 Å². The summed E-state index contributed by atoms with van der Waals surface area (Å²) < 4.78 is 6.67. The van der Waals surface area contributed by atoms with E-state index in [4.69, 9.17) is 10.5 Å². The van der Waals surface area contributed by atoms with Crippen molar-refractivity contribution >= 4 is 34.9 Å². The summed E-state index contributed by atoms with van der Waals surface area (Å²) >= 11 is 0. The van der Waals surface area contributed by atoms with E-state index in [0.29, 0.717) is 53.6 Å². The van der Waals surface area contributed by atoms with Crippen LogP contribution in [0.2, 0.25) is 0 Å². The van der Waals surface area contributed by atoms with Crippen molar-refractivity contribution in [2.45, 2.75) is 77.1 Å². The van der Waals surface area contributed by atoms with E-state index in [1.165, 1.54) is 6.42 Å². The van der Waals surface area contributed by atoms with Gasteiger partial charge in [0.05, 0.1) is 30.4 Å². The average molecular weight is 671 g/mol. The van der Waals surface area contributed by atoms with Crippen LogP contribution in [0.15, 0.2) is 66.7 Å². The number of nitrogens with two attached hydrogens (primary N) is 1. The van der Waals surface area contributed by atoms with Gasteiger partial charge in [-0.2, -0.15) is 0 Å². The van der Waals surface area contributed by atoms with Crippen LogP contribution in [-0.2, 0) is 17.8 Å². The van der Waals surface area contributed by atoms with Crippen molar-refractivity contribution in [3.63, 3.8) is 0 Å². The molecule has 4 amide bonds. The lowest BCUT2D eigenvalue weighted by molar-refractivity contribution is -0.134. The van der Waals surface area contributed by atoms with Crippen LogP contribution in [0.3, 0.4) is 0 Å². The predicted octanol–water partition coefficient (Wildman–Crippen LogP) is 5.26. The molecule has 0 spiro atoms. The molecule has 3 aromatic rings. The molecule has 6 N–H and O–H groups in total. The van der Waals surface area contributed by atoms with Gasteiger partial charge in [0.2, 0.25) is 5.91 Å². The molecule has 1 heterocycles. The van der Waals surface area contributed by atoms with Crippen molar-refractivity contribution in [3.8, 4) is 5.75 Å². The number of anilines is 3. The number of hydrogen-bond donors (Lipinski definition) is 5. The maximum atomic E-state index is 13.6. The zero-order valence-electron chi connectivity index (χ0n) is 28.8. The molecule has 3 atom stereocenters. The quantitative estimate of drug-likeness (QED) is 0.185. The van der Waals surface area contributed by atoms with Gasteiger partial charge in [-0.15, -0.1) is 0 Å². The van der Waals surface area contributed by atoms with Crippen LogP contribution in [0.1, 0.15) is 67.4 Å². The number of urea groups is 1. The topological polar surface area (TPSA) is 149 Å². The maximum Gasteiger partial charge on any atom is 0.319 e. The zero-order chi connectivity index (χ0) is 34.9. The number of hydrogen-bond acceptors (Lipinski definition) is 7. The molecule has 1 aliphatic heterocycles. The Kier molecular flexibility index (Phi) is 12.1. The summed E-state index contributed by atoms with van der Waals surface area (Å²) in [5.74, 6) is 0.213. The van der Waals surface area contributed by atoms with E-state index in [9.17, 15) is 19.5 Å². The number of nitrogen functional groups attached to an aromatic ring is 1. The van der Waals surface area contributed by atoms with Gasteiger partial charge in [-0.25, -0.2) is 4.79 Å². The highest BCUT2D eigenvalue weighted by Crippen LogP contribution is 2.30. The number of carbonyl (C=O) groups excluding carboxylic acids is 3.